The summed E-state index contributed by atoms with van der Waals surface area (Å²) in [6, 6.07) is 14.5. The van der Waals surface area contributed by atoms with Crippen LogP contribution < -0.4 is 10.6 Å². The Balaban J connectivity index is 1.46. The number of nitrogens with one attached hydrogen (secondary N) is 2. The average molecular weight is 418 g/mol. The van der Waals surface area contributed by atoms with E-state index in [0.717, 1.165) is 5.69 Å². The number of urea groups is 1. The standard InChI is InChI=1S/C21H21Cl2N3O2/c22-18-8-4-5-15(20(18)23)9-10-19(27)24-17-11-13-26(14-12-17)21(28)25-16-6-2-1-3-7-16/h1-10,17H,11-14H2,(H,24,27)(H,25,28)/b10-9+. The minimum atomic E-state index is -0.191. The first kappa shape index (κ1) is 20.2. The van der Waals surface area contributed by atoms with Gasteiger partial charge in [0.05, 0.1) is 10.0 Å². The number of hydrogen-bond acceptors (Lipinski definition) is 2. The number of carbonyl (C=O) groups excluding carboxylic acids is 2. The topological polar surface area (TPSA) is 61.4 Å². The highest BCUT2D eigenvalue weighted by Gasteiger charge is 2.23. The Morgan fingerprint density at radius 1 is 1.00 bits per heavy atom. The van der Waals surface area contributed by atoms with Gasteiger partial charge < -0.3 is 15.5 Å². The SMILES string of the molecule is O=C(/C=C/c1cccc(Cl)c1Cl)NC1CCN(C(=O)Nc2ccccc2)CC1. The molecule has 0 spiro atoms. The minimum Gasteiger partial charge on any atom is -0.350 e. The van der Waals surface area contributed by atoms with E-state index in [9.17, 15) is 9.59 Å². The number of benzene rings is 2. The van der Waals surface area contributed by atoms with Crippen LogP contribution in [0.1, 0.15) is 18.4 Å². The fourth-order valence-electron chi connectivity index (χ4n) is 3.01. The first-order valence-corrected chi connectivity index (χ1v) is 9.82. The molecule has 0 saturated carbocycles. The number of hydrogen-bond donors (Lipinski definition) is 2. The van der Waals surface area contributed by atoms with Crippen LogP contribution in [0.2, 0.25) is 10.0 Å². The lowest BCUT2D eigenvalue weighted by Crippen LogP contribution is -2.47. The molecule has 7 heteroatoms. The Morgan fingerprint density at radius 2 is 1.71 bits per heavy atom. The van der Waals surface area contributed by atoms with Gasteiger partial charge in [-0.2, -0.15) is 0 Å². The highest BCUT2D eigenvalue weighted by molar-refractivity contribution is 6.42. The second-order valence-electron chi connectivity index (χ2n) is 6.54. The molecule has 28 heavy (non-hydrogen) atoms. The molecular weight excluding hydrogens is 397 g/mol. The second-order valence-corrected chi connectivity index (χ2v) is 7.33. The number of rotatable bonds is 4. The number of carbonyl (C=O) groups is 2. The highest BCUT2D eigenvalue weighted by Crippen LogP contribution is 2.26. The van der Waals surface area contributed by atoms with Gasteiger partial charge in [-0.3, -0.25) is 4.79 Å². The van der Waals surface area contributed by atoms with Crippen molar-refractivity contribution in [3.05, 3.63) is 70.2 Å². The highest BCUT2D eigenvalue weighted by atomic mass is 35.5. The van der Waals surface area contributed by atoms with Crippen LogP contribution in [-0.2, 0) is 4.79 Å². The number of amides is 3. The van der Waals surface area contributed by atoms with E-state index in [2.05, 4.69) is 10.6 Å². The van der Waals surface area contributed by atoms with Crippen LogP contribution in [0.3, 0.4) is 0 Å². The fraction of sp³-hybridized carbons (Fsp3) is 0.238. The number of halogens is 2. The lowest BCUT2D eigenvalue weighted by Gasteiger charge is -2.32. The molecule has 146 valence electrons. The van der Waals surface area contributed by atoms with E-state index >= 15 is 0 Å². The van der Waals surface area contributed by atoms with Gasteiger partial charge in [0.2, 0.25) is 5.91 Å². The molecule has 2 aromatic rings. The van der Waals surface area contributed by atoms with E-state index in [-0.39, 0.29) is 18.0 Å². The molecule has 1 aliphatic rings. The van der Waals surface area contributed by atoms with E-state index in [0.29, 0.717) is 41.5 Å². The van der Waals surface area contributed by atoms with Crippen molar-refractivity contribution in [2.75, 3.05) is 18.4 Å². The van der Waals surface area contributed by atoms with Crippen LogP contribution in [0.5, 0.6) is 0 Å². The van der Waals surface area contributed by atoms with Gasteiger partial charge in [-0.05, 0) is 42.7 Å². The lowest BCUT2D eigenvalue weighted by atomic mass is 10.1. The molecule has 0 atom stereocenters. The van der Waals surface area contributed by atoms with Crippen molar-refractivity contribution in [2.24, 2.45) is 0 Å². The third kappa shape index (κ3) is 5.50. The summed E-state index contributed by atoms with van der Waals surface area (Å²) in [4.78, 5) is 26.2. The molecule has 5 nitrogen and oxygen atoms in total. The molecule has 0 aliphatic carbocycles. The Bertz CT molecular complexity index is 863. The smallest absolute Gasteiger partial charge is 0.321 e. The van der Waals surface area contributed by atoms with Crippen molar-refractivity contribution in [3.63, 3.8) is 0 Å². The summed E-state index contributed by atoms with van der Waals surface area (Å²) in [7, 11) is 0. The third-order valence-corrected chi connectivity index (χ3v) is 5.38. The van der Waals surface area contributed by atoms with Crippen LogP contribution >= 0.6 is 23.2 Å². The van der Waals surface area contributed by atoms with Gasteiger partial charge in [0.15, 0.2) is 0 Å². The Morgan fingerprint density at radius 3 is 2.43 bits per heavy atom. The molecule has 1 aliphatic heterocycles. The minimum absolute atomic E-state index is 0.0350. The fourth-order valence-corrected chi connectivity index (χ4v) is 3.39. The maximum Gasteiger partial charge on any atom is 0.321 e. The number of para-hydroxylation sites is 1. The summed E-state index contributed by atoms with van der Waals surface area (Å²) < 4.78 is 0. The Kier molecular flexibility index (Phi) is 6.95. The molecule has 3 rings (SSSR count). The van der Waals surface area contributed by atoms with Gasteiger partial charge in [-0.15, -0.1) is 0 Å². The molecule has 0 radical (unpaired) electrons. The monoisotopic (exact) mass is 417 g/mol. The van der Waals surface area contributed by atoms with Crippen LogP contribution in [0.4, 0.5) is 10.5 Å². The summed E-state index contributed by atoms with van der Waals surface area (Å²) >= 11 is 12.1. The van der Waals surface area contributed by atoms with E-state index in [1.807, 2.05) is 30.3 Å². The van der Waals surface area contributed by atoms with Crippen molar-refractivity contribution < 1.29 is 9.59 Å². The third-order valence-electron chi connectivity index (χ3n) is 4.55. The molecular formula is C21H21Cl2N3O2. The van der Waals surface area contributed by atoms with Gasteiger partial charge in [0.1, 0.15) is 0 Å². The molecule has 0 unspecified atom stereocenters. The van der Waals surface area contributed by atoms with Crippen LogP contribution in [0.15, 0.2) is 54.6 Å². The van der Waals surface area contributed by atoms with Gasteiger partial charge in [0.25, 0.3) is 0 Å². The molecule has 1 fully saturated rings. The quantitative estimate of drug-likeness (QED) is 0.700. The number of nitrogens with zero attached hydrogens (tertiary/aromatic N) is 1. The summed E-state index contributed by atoms with van der Waals surface area (Å²) in [5.74, 6) is -0.191. The molecule has 2 aromatic carbocycles. The predicted molar refractivity (Wildman–Crippen MR) is 114 cm³/mol. The first-order chi connectivity index (χ1) is 13.5. The number of likely N-dealkylation sites (tertiary alicyclic amines) is 1. The second kappa shape index (κ2) is 9.62. The van der Waals surface area contributed by atoms with Crippen molar-refractivity contribution in [3.8, 4) is 0 Å². The van der Waals surface area contributed by atoms with Crippen molar-refractivity contribution >= 4 is 46.9 Å². The normalized spacial score (nSPS) is 14.9. The van der Waals surface area contributed by atoms with Gasteiger partial charge in [-0.25, -0.2) is 4.79 Å². The molecule has 1 heterocycles. The van der Waals surface area contributed by atoms with Crippen LogP contribution in [-0.4, -0.2) is 36.0 Å². The summed E-state index contributed by atoms with van der Waals surface area (Å²) in [5, 5.41) is 6.72. The molecule has 3 amide bonds. The lowest BCUT2D eigenvalue weighted by molar-refractivity contribution is -0.117. The van der Waals surface area contributed by atoms with Gasteiger partial charge in [0, 0.05) is 30.9 Å². The Labute approximate surface area is 174 Å². The molecule has 2 N–H and O–H groups in total. The summed E-state index contributed by atoms with van der Waals surface area (Å²) in [6.07, 6.45) is 4.51. The van der Waals surface area contributed by atoms with Crippen molar-refractivity contribution in [2.45, 2.75) is 18.9 Å². The maximum atomic E-state index is 12.3. The molecule has 0 aromatic heterocycles. The van der Waals surface area contributed by atoms with E-state index in [4.69, 9.17) is 23.2 Å². The van der Waals surface area contributed by atoms with Crippen molar-refractivity contribution in [1.29, 1.82) is 0 Å². The number of anilines is 1. The van der Waals surface area contributed by atoms with Crippen LogP contribution in [0, 0.1) is 0 Å². The van der Waals surface area contributed by atoms with Crippen LogP contribution in [0.25, 0.3) is 6.08 Å². The summed E-state index contributed by atoms with van der Waals surface area (Å²) in [6.45, 7) is 1.18. The zero-order chi connectivity index (χ0) is 19.9. The van der Waals surface area contributed by atoms with E-state index in [1.54, 1.807) is 29.2 Å². The largest absolute Gasteiger partial charge is 0.350 e. The summed E-state index contributed by atoms with van der Waals surface area (Å²) in [5.41, 5.74) is 1.46. The zero-order valence-electron chi connectivity index (χ0n) is 15.2. The van der Waals surface area contributed by atoms with Gasteiger partial charge >= 0.3 is 6.03 Å². The molecule has 1 saturated heterocycles. The number of piperidine rings is 1. The first-order valence-electron chi connectivity index (χ1n) is 9.06. The predicted octanol–water partition coefficient (Wildman–Crippen LogP) is 4.82. The van der Waals surface area contributed by atoms with Crippen molar-refractivity contribution in [1.82, 2.24) is 10.2 Å². The Hall–Kier alpha value is -2.50. The average Bonchev–Trinajstić information content (AvgIpc) is 2.70. The zero-order valence-corrected chi connectivity index (χ0v) is 16.7. The van der Waals surface area contributed by atoms with Gasteiger partial charge in [-0.1, -0.05) is 53.5 Å². The van der Waals surface area contributed by atoms with E-state index in [1.165, 1.54) is 6.08 Å². The maximum absolute atomic E-state index is 12.3. The molecule has 0 bridgehead atoms. The van der Waals surface area contributed by atoms with E-state index < -0.39 is 0 Å².